The van der Waals surface area contributed by atoms with E-state index in [1.165, 1.54) is 0 Å². The van der Waals surface area contributed by atoms with E-state index in [1.54, 1.807) is 66.6 Å². The molecule has 2 heterocycles. The highest BCUT2D eigenvalue weighted by atomic mass is 16.5. The largest absolute Gasteiger partial charge is 0.497 e. The zero-order valence-corrected chi connectivity index (χ0v) is 17.9. The van der Waals surface area contributed by atoms with Gasteiger partial charge in [0.1, 0.15) is 5.75 Å². The molecule has 0 saturated heterocycles. The lowest BCUT2D eigenvalue weighted by atomic mass is 10.2. The predicted octanol–water partition coefficient (Wildman–Crippen LogP) is 4.97. The molecule has 2 N–H and O–H groups in total. The molecule has 9 heteroatoms. The molecular formula is C23H23N5O4. The van der Waals surface area contributed by atoms with Crippen LogP contribution in [0.2, 0.25) is 0 Å². The van der Waals surface area contributed by atoms with Crippen molar-refractivity contribution in [2.24, 2.45) is 0 Å². The van der Waals surface area contributed by atoms with Crippen LogP contribution in [0.25, 0.3) is 17.3 Å². The Morgan fingerprint density at radius 3 is 2.50 bits per heavy atom. The number of hydrogen-bond acceptors (Lipinski definition) is 6. The van der Waals surface area contributed by atoms with Crippen LogP contribution in [0, 0.1) is 0 Å². The standard InChI is InChI=1S/C23H23N5O4/c1-15(2)32-23-26-21(20-8-5-13-31-20)28(27-23)18-11-9-16(10-12-18)24-22(29)25-17-6-4-7-19(14-17)30-3/h4-15H,1-3H3,(H2,24,25,29). The van der Waals surface area contributed by atoms with Gasteiger partial charge >= 0.3 is 12.0 Å². The third kappa shape index (κ3) is 4.89. The molecule has 2 amide bonds. The fourth-order valence-corrected chi connectivity index (χ4v) is 2.98. The van der Waals surface area contributed by atoms with Crippen LogP contribution in [0.4, 0.5) is 16.2 Å². The Bertz CT molecular complexity index is 1180. The molecule has 0 spiro atoms. The van der Waals surface area contributed by atoms with Gasteiger partial charge in [0, 0.05) is 17.4 Å². The highest BCUT2D eigenvalue weighted by molar-refractivity contribution is 5.99. The summed E-state index contributed by atoms with van der Waals surface area (Å²) < 4.78 is 17.9. The van der Waals surface area contributed by atoms with Gasteiger partial charge in [-0.15, -0.1) is 5.10 Å². The molecule has 2 aromatic carbocycles. The van der Waals surface area contributed by atoms with E-state index in [-0.39, 0.29) is 18.1 Å². The minimum Gasteiger partial charge on any atom is -0.497 e. The average Bonchev–Trinajstić information content (AvgIpc) is 3.44. The molecule has 0 aliphatic carbocycles. The van der Waals surface area contributed by atoms with Crippen molar-refractivity contribution in [3.05, 3.63) is 66.9 Å². The van der Waals surface area contributed by atoms with E-state index >= 15 is 0 Å². The van der Waals surface area contributed by atoms with E-state index in [2.05, 4.69) is 20.7 Å². The van der Waals surface area contributed by atoms with Crippen molar-refractivity contribution in [2.75, 3.05) is 17.7 Å². The fraction of sp³-hybridized carbons (Fsp3) is 0.174. The number of nitrogens with one attached hydrogen (secondary N) is 2. The summed E-state index contributed by atoms with van der Waals surface area (Å²) in [5, 5.41) is 10.0. The molecule has 0 bridgehead atoms. The van der Waals surface area contributed by atoms with Gasteiger partial charge in [0.2, 0.25) is 5.82 Å². The minimum atomic E-state index is -0.365. The molecule has 4 aromatic rings. The normalized spacial score (nSPS) is 10.8. The first-order valence-electron chi connectivity index (χ1n) is 10.0. The number of amides is 2. The predicted molar refractivity (Wildman–Crippen MR) is 120 cm³/mol. The first-order chi connectivity index (χ1) is 15.5. The topological polar surface area (TPSA) is 103 Å². The van der Waals surface area contributed by atoms with E-state index in [0.717, 1.165) is 5.69 Å². The Labute approximate surface area is 185 Å². The van der Waals surface area contributed by atoms with Crippen molar-refractivity contribution in [3.8, 4) is 29.0 Å². The Hall–Kier alpha value is -4.27. The van der Waals surface area contributed by atoms with Crippen molar-refractivity contribution in [2.45, 2.75) is 20.0 Å². The van der Waals surface area contributed by atoms with Crippen molar-refractivity contribution in [1.29, 1.82) is 0 Å². The Balaban J connectivity index is 1.51. The molecule has 0 fully saturated rings. The van der Waals surface area contributed by atoms with Gasteiger partial charge in [-0.05, 0) is 62.4 Å². The molecular weight excluding hydrogens is 410 g/mol. The number of anilines is 2. The molecule has 164 valence electrons. The highest BCUT2D eigenvalue weighted by Crippen LogP contribution is 2.25. The lowest BCUT2D eigenvalue weighted by Crippen LogP contribution is -2.19. The van der Waals surface area contributed by atoms with Gasteiger partial charge in [0.05, 0.1) is 25.2 Å². The fourth-order valence-electron chi connectivity index (χ4n) is 2.98. The lowest BCUT2D eigenvalue weighted by molar-refractivity contribution is 0.222. The lowest BCUT2D eigenvalue weighted by Gasteiger charge is -2.10. The Morgan fingerprint density at radius 2 is 1.81 bits per heavy atom. The van der Waals surface area contributed by atoms with E-state index in [0.29, 0.717) is 28.7 Å². The molecule has 0 aliphatic heterocycles. The number of ether oxygens (including phenoxy) is 2. The molecule has 0 aliphatic rings. The van der Waals surface area contributed by atoms with Crippen LogP contribution in [0.5, 0.6) is 11.8 Å². The van der Waals surface area contributed by atoms with Crippen LogP contribution in [-0.2, 0) is 0 Å². The second-order valence-electron chi connectivity index (χ2n) is 7.13. The van der Waals surface area contributed by atoms with Gasteiger partial charge in [0.25, 0.3) is 0 Å². The number of carbonyl (C=O) groups is 1. The number of aromatic nitrogens is 3. The van der Waals surface area contributed by atoms with Crippen LogP contribution in [0.1, 0.15) is 13.8 Å². The average molecular weight is 433 g/mol. The second kappa shape index (κ2) is 9.25. The monoisotopic (exact) mass is 433 g/mol. The number of nitrogens with zero attached hydrogens (tertiary/aromatic N) is 3. The molecule has 4 rings (SSSR count). The summed E-state index contributed by atoms with van der Waals surface area (Å²) >= 11 is 0. The first kappa shape index (κ1) is 21.0. The highest BCUT2D eigenvalue weighted by Gasteiger charge is 2.17. The summed E-state index contributed by atoms with van der Waals surface area (Å²) in [6, 6.07) is 17.8. The van der Waals surface area contributed by atoms with Gasteiger partial charge in [-0.3, -0.25) is 0 Å². The SMILES string of the molecule is COc1cccc(NC(=O)Nc2ccc(-n3nc(OC(C)C)nc3-c3ccco3)cc2)c1. The number of urea groups is 1. The number of carbonyl (C=O) groups excluding carboxylic acids is 1. The molecule has 0 saturated carbocycles. The summed E-state index contributed by atoms with van der Waals surface area (Å²) in [6.45, 7) is 3.81. The second-order valence-corrected chi connectivity index (χ2v) is 7.13. The summed E-state index contributed by atoms with van der Waals surface area (Å²) in [6.07, 6.45) is 1.51. The van der Waals surface area contributed by atoms with Crippen molar-refractivity contribution < 1.29 is 18.7 Å². The third-order valence-corrected chi connectivity index (χ3v) is 4.37. The minimum absolute atomic E-state index is 0.0648. The number of benzene rings is 2. The van der Waals surface area contributed by atoms with E-state index in [4.69, 9.17) is 13.9 Å². The zero-order chi connectivity index (χ0) is 22.5. The maximum atomic E-state index is 12.3. The van der Waals surface area contributed by atoms with Crippen LogP contribution in [0.3, 0.4) is 0 Å². The molecule has 2 aromatic heterocycles. The third-order valence-electron chi connectivity index (χ3n) is 4.37. The summed E-state index contributed by atoms with van der Waals surface area (Å²) in [7, 11) is 1.57. The quantitative estimate of drug-likeness (QED) is 0.427. The molecule has 0 atom stereocenters. The van der Waals surface area contributed by atoms with Gasteiger partial charge < -0.3 is 24.5 Å². The Kier molecular flexibility index (Phi) is 6.07. The van der Waals surface area contributed by atoms with Crippen LogP contribution < -0.4 is 20.1 Å². The number of methoxy groups -OCH3 is 1. The molecule has 0 radical (unpaired) electrons. The number of rotatable bonds is 7. The molecule has 0 unspecified atom stereocenters. The molecule has 9 nitrogen and oxygen atoms in total. The van der Waals surface area contributed by atoms with Crippen LogP contribution in [0.15, 0.2) is 71.3 Å². The Morgan fingerprint density at radius 1 is 1.03 bits per heavy atom. The maximum absolute atomic E-state index is 12.3. The van der Waals surface area contributed by atoms with Crippen molar-refractivity contribution in [1.82, 2.24) is 14.8 Å². The van der Waals surface area contributed by atoms with Gasteiger partial charge in [-0.2, -0.15) is 4.98 Å². The summed E-state index contributed by atoms with van der Waals surface area (Å²) in [5.74, 6) is 1.74. The number of hydrogen-bond donors (Lipinski definition) is 2. The number of furan rings is 1. The van der Waals surface area contributed by atoms with E-state index in [9.17, 15) is 4.79 Å². The van der Waals surface area contributed by atoms with Gasteiger partial charge in [0.15, 0.2) is 5.76 Å². The van der Waals surface area contributed by atoms with E-state index < -0.39 is 0 Å². The summed E-state index contributed by atoms with van der Waals surface area (Å²) in [4.78, 5) is 16.8. The van der Waals surface area contributed by atoms with Gasteiger partial charge in [-0.1, -0.05) is 6.07 Å². The summed E-state index contributed by atoms with van der Waals surface area (Å²) in [5.41, 5.74) is 1.98. The van der Waals surface area contributed by atoms with Crippen molar-refractivity contribution >= 4 is 17.4 Å². The zero-order valence-electron chi connectivity index (χ0n) is 17.9. The van der Waals surface area contributed by atoms with Crippen LogP contribution in [-0.4, -0.2) is 34.0 Å². The van der Waals surface area contributed by atoms with Crippen molar-refractivity contribution in [3.63, 3.8) is 0 Å². The van der Waals surface area contributed by atoms with Crippen LogP contribution >= 0.6 is 0 Å². The van der Waals surface area contributed by atoms with E-state index in [1.807, 2.05) is 26.0 Å². The maximum Gasteiger partial charge on any atom is 0.336 e. The molecule has 32 heavy (non-hydrogen) atoms. The smallest absolute Gasteiger partial charge is 0.336 e. The first-order valence-corrected chi connectivity index (χ1v) is 10.0. The van der Waals surface area contributed by atoms with Gasteiger partial charge in [-0.25, -0.2) is 9.48 Å².